The topological polar surface area (TPSA) is 110 Å². The predicted molar refractivity (Wildman–Crippen MR) is 75.9 cm³/mol. The summed E-state index contributed by atoms with van der Waals surface area (Å²) in [6.45, 7) is 4.56. The van der Waals surface area contributed by atoms with Gasteiger partial charge in [0.25, 0.3) is 0 Å². The zero-order valence-corrected chi connectivity index (χ0v) is 11.9. The van der Waals surface area contributed by atoms with E-state index >= 15 is 0 Å². The molecule has 0 saturated carbocycles. The molecule has 1 aliphatic rings. The molecule has 1 fully saturated rings. The van der Waals surface area contributed by atoms with E-state index in [1.807, 2.05) is 13.8 Å². The van der Waals surface area contributed by atoms with Crippen molar-refractivity contribution in [3.05, 3.63) is 6.07 Å². The van der Waals surface area contributed by atoms with Crippen LogP contribution < -0.4 is 16.4 Å². The largest absolute Gasteiger partial charge is 0.370 e. The van der Waals surface area contributed by atoms with E-state index in [4.69, 9.17) is 5.73 Å². The Morgan fingerprint density at radius 2 is 2.11 bits per heavy atom. The Bertz CT molecular complexity index is 574. The molecule has 2 heterocycles. The Labute approximate surface area is 112 Å². The predicted octanol–water partition coefficient (Wildman–Crippen LogP) is 0.480. The summed E-state index contributed by atoms with van der Waals surface area (Å²) in [4.78, 5) is 8.14. The van der Waals surface area contributed by atoms with Crippen molar-refractivity contribution in [1.29, 1.82) is 0 Å². The van der Waals surface area contributed by atoms with Gasteiger partial charge in [0, 0.05) is 12.6 Å². The van der Waals surface area contributed by atoms with Gasteiger partial charge in [-0.2, -0.15) is 9.97 Å². The summed E-state index contributed by atoms with van der Waals surface area (Å²) in [5, 5.41) is 6.22. The van der Waals surface area contributed by atoms with Gasteiger partial charge in [-0.1, -0.05) is 0 Å². The Kier molecular flexibility index (Phi) is 3.53. The molecule has 0 spiro atoms. The van der Waals surface area contributed by atoms with E-state index in [0.717, 1.165) is 6.54 Å². The monoisotopic (exact) mass is 285 g/mol. The molecule has 7 nitrogen and oxygen atoms in total. The quantitative estimate of drug-likeness (QED) is 0.738. The van der Waals surface area contributed by atoms with Crippen LogP contribution in [0.15, 0.2) is 6.07 Å². The minimum atomic E-state index is -2.96. The normalized spacial score (nSPS) is 25.2. The van der Waals surface area contributed by atoms with Gasteiger partial charge in [0.15, 0.2) is 9.84 Å². The van der Waals surface area contributed by atoms with Crippen molar-refractivity contribution < 1.29 is 8.42 Å². The number of nitrogens with one attached hydrogen (secondary N) is 2. The fraction of sp³-hybridized carbons (Fsp3) is 0.636. The maximum Gasteiger partial charge on any atom is 0.223 e. The van der Waals surface area contributed by atoms with E-state index in [1.165, 1.54) is 0 Å². The first-order chi connectivity index (χ1) is 8.82. The van der Waals surface area contributed by atoms with Crippen molar-refractivity contribution in [2.45, 2.75) is 25.8 Å². The number of nitrogens with two attached hydrogens (primary N) is 1. The third-order valence-corrected chi connectivity index (χ3v) is 4.94. The molecule has 4 N–H and O–H groups in total. The molecular formula is C11H19N5O2S. The summed E-state index contributed by atoms with van der Waals surface area (Å²) in [7, 11) is -2.96. The number of hydrogen-bond acceptors (Lipinski definition) is 7. The molecule has 106 valence electrons. The lowest BCUT2D eigenvalue weighted by atomic mass is 10.0. The average molecular weight is 285 g/mol. The highest BCUT2D eigenvalue weighted by atomic mass is 32.2. The Morgan fingerprint density at radius 1 is 1.42 bits per heavy atom. The third kappa shape index (κ3) is 3.46. The van der Waals surface area contributed by atoms with Crippen LogP contribution in [0.4, 0.5) is 17.6 Å². The van der Waals surface area contributed by atoms with Crippen molar-refractivity contribution >= 4 is 27.4 Å². The lowest BCUT2D eigenvalue weighted by Crippen LogP contribution is -2.36. The van der Waals surface area contributed by atoms with E-state index in [1.54, 1.807) is 6.07 Å². The van der Waals surface area contributed by atoms with Gasteiger partial charge < -0.3 is 16.4 Å². The van der Waals surface area contributed by atoms with Gasteiger partial charge in [0.1, 0.15) is 11.6 Å². The molecule has 1 atom stereocenters. The van der Waals surface area contributed by atoms with Crippen LogP contribution in [0.2, 0.25) is 0 Å². The van der Waals surface area contributed by atoms with E-state index in [2.05, 4.69) is 20.6 Å². The van der Waals surface area contributed by atoms with Crippen LogP contribution in [0.1, 0.15) is 20.3 Å². The number of anilines is 3. The van der Waals surface area contributed by atoms with Crippen LogP contribution in [-0.4, -0.2) is 42.0 Å². The van der Waals surface area contributed by atoms with Crippen LogP contribution in [0, 0.1) is 0 Å². The van der Waals surface area contributed by atoms with Crippen molar-refractivity contribution in [2.75, 3.05) is 34.4 Å². The van der Waals surface area contributed by atoms with Crippen molar-refractivity contribution in [1.82, 2.24) is 9.97 Å². The maximum atomic E-state index is 11.6. The Morgan fingerprint density at radius 3 is 2.68 bits per heavy atom. The Balaban J connectivity index is 2.19. The van der Waals surface area contributed by atoms with Gasteiger partial charge in [-0.05, 0) is 20.3 Å². The molecular weight excluding hydrogens is 266 g/mol. The van der Waals surface area contributed by atoms with Crippen molar-refractivity contribution in [2.24, 2.45) is 0 Å². The minimum Gasteiger partial charge on any atom is -0.370 e. The second-order valence-electron chi connectivity index (χ2n) is 5.05. The molecule has 1 aromatic heterocycles. The molecule has 1 aromatic rings. The lowest BCUT2D eigenvalue weighted by Gasteiger charge is -2.24. The average Bonchev–Trinajstić information content (AvgIpc) is 2.52. The number of nitrogens with zero attached hydrogens (tertiary/aromatic N) is 2. The van der Waals surface area contributed by atoms with E-state index < -0.39 is 15.4 Å². The standard InChI is InChI=1S/C11H19N5O2S/c1-3-13-8-6-9(15-10(12)14-8)16-11(2)4-5-19(17,18)7-11/h6H,3-5,7H2,1-2H3,(H4,12,13,14,15,16). The van der Waals surface area contributed by atoms with Gasteiger partial charge in [-0.15, -0.1) is 0 Å². The molecule has 1 saturated heterocycles. The molecule has 0 radical (unpaired) electrons. The van der Waals surface area contributed by atoms with Crippen molar-refractivity contribution in [3.63, 3.8) is 0 Å². The molecule has 8 heteroatoms. The van der Waals surface area contributed by atoms with Crippen LogP contribution in [0.5, 0.6) is 0 Å². The van der Waals surface area contributed by atoms with Crippen LogP contribution in [0.3, 0.4) is 0 Å². The second-order valence-corrected chi connectivity index (χ2v) is 7.24. The van der Waals surface area contributed by atoms with Gasteiger partial charge >= 0.3 is 0 Å². The third-order valence-electron chi connectivity index (χ3n) is 3.03. The first-order valence-corrected chi connectivity index (χ1v) is 8.01. The van der Waals surface area contributed by atoms with Crippen LogP contribution in [0.25, 0.3) is 0 Å². The van der Waals surface area contributed by atoms with E-state index in [9.17, 15) is 8.42 Å². The number of nitrogen functional groups attached to an aromatic ring is 1. The molecule has 0 aliphatic carbocycles. The number of sulfone groups is 1. The first-order valence-electron chi connectivity index (χ1n) is 6.19. The summed E-state index contributed by atoms with van der Waals surface area (Å²) in [6, 6.07) is 1.73. The van der Waals surface area contributed by atoms with Crippen LogP contribution in [-0.2, 0) is 9.84 Å². The van der Waals surface area contributed by atoms with Crippen molar-refractivity contribution in [3.8, 4) is 0 Å². The van der Waals surface area contributed by atoms with E-state index in [-0.39, 0.29) is 17.5 Å². The second kappa shape index (κ2) is 4.84. The van der Waals surface area contributed by atoms with E-state index in [0.29, 0.717) is 18.1 Å². The smallest absolute Gasteiger partial charge is 0.223 e. The SMILES string of the molecule is CCNc1cc(NC2(C)CCS(=O)(=O)C2)nc(N)n1. The van der Waals surface area contributed by atoms with Gasteiger partial charge in [-0.3, -0.25) is 0 Å². The summed E-state index contributed by atoms with van der Waals surface area (Å²) in [5.74, 6) is 1.65. The molecule has 0 aromatic carbocycles. The zero-order chi connectivity index (χ0) is 14.1. The number of aromatic nitrogens is 2. The molecule has 1 aliphatic heterocycles. The van der Waals surface area contributed by atoms with Crippen LogP contribution >= 0.6 is 0 Å². The number of hydrogen-bond donors (Lipinski definition) is 3. The minimum absolute atomic E-state index is 0.112. The molecule has 2 rings (SSSR count). The summed E-state index contributed by atoms with van der Waals surface area (Å²) in [6.07, 6.45) is 0.565. The lowest BCUT2D eigenvalue weighted by molar-refractivity contribution is 0.572. The zero-order valence-electron chi connectivity index (χ0n) is 11.1. The summed E-state index contributed by atoms with van der Waals surface area (Å²) in [5.41, 5.74) is 5.14. The Hall–Kier alpha value is -1.57. The maximum absolute atomic E-state index is 11.6. The van der Waals surface area contributed by atoms with Gasteiger partial charge in [0.2, 0.25) is 5.95 Å². The molecule has 1 unspecified atom stereocenters. The summed E-state index contributed by atoms with van der Waals surface area (Å²) >= 11 is 0. The highest BCUT2D eigenvalue weighted by Crippen LogP contribution is 2.27. The highest BCUT2D eigenvalue weighted by Gasteiger charge is 2.38. The first kappa shape index (κ1) is 13.9. The van der Waals surface area contributed by atoms with Gasteiger partial charge in [0.05, 0.1) is 17.0 Å². The highest BCUT2D eigenvalue weighted by molar-refractivity contribution is 7.91. The molecule has 19 heavy (non-hydrogen) atoms. The molecule has 0 amide bonds. The molecule has 0 bridgehead atoms. The fourth-order valence-electron chi connectivity index (χ4n) is 2.22. The fourth-order valence-corrected chi connectivity index (χ4v) is 4.31. The summed E-state index contributed by atoms with van der Waals surface area (Å²) < 4.78 is 23.1. The van der Waals surface area contributed by atoms with Gasteiger partial charge in [-0.25, -0.2) is 8.42 Å². The number of rotatable bonds is 4.